The Morgan fingerprint density at radius 1 is 0.700 bits per heavy atom. The van der Waals surface area contributed by atoms with Gasteiger partial charge in [0.1, 0.15) is 0 Å². The van der Waals surface area contributed by atoms with Gasteiger partial charge in [-0.05, 0) is 111 Å². The van der Waals surface area contributed by atoms with Crippen LogP contribution in [0.15, 0.2) is 0 Å². The maximum absolute atomic E-state index is 10.3. The molecule has 5 rings (SSSR count). The molecule has 8 atom stereocenters. The van der Waals surface area contributed by atoms with Crippen molar-refractivity contribution < 1.29 is 5.11 Å². The van der Waals surface area contributed by atoms with Crippen LogP contribution in [0, 0.1) is 46.3 Å². The Labute approximate surface area is 187 Å². The molecule has 5 aliphatic rings. The van der Waals surface area contributed by atoms with E-state index in [4.69, 9.17) is 0 Å². The van der Waals surface area contributed by atoms with E-state index in [0.29, 0.717) is 10.8 Å². The molecule has 0 heterocycles. The minimum Gasteiger partial charge on any atom is -0.393 e. The molecule has 30 heavy (non-hydrogen) atoms. The van der Waals surface area contributed by atoms with E-state index in [1.807, 2.05) is 0 Å². The summed E-state index contributed by atoms with van der Waals surface area (Å²) in [5, 5.41) is 10.3. The minimum absolute atomic E-state index is 0.00190. The Bertz CT molecular complexity index is 579. The van der Waals surface area contributed by atoms with E-state index in [2.05, 4.69) is 13.8 Å². The Morgan fingerprint density at radius 3 is 2.27 bits per heavy atom. The highest BCUT2D eigenvalue weighted by Gasteiger charge is 2.59. The van der Waals surface area contributed by atoms with Gasteiger partial charge >= 0.3 is 0 Å². The molecule has 0 amide bonds. The summed E-state index contributed by atoms with van der Waals surface area (Å²) in [7, 11) is 0. The quantitative estimate of drug-likeness (QED) is 0.450. The number of aliphatic hydroxyl groups excluding tert-OH is 1. The first-order valence-corrected chi connectivity index (χ1v) is 14.2. The van der Waals surface area contributed by atoms with Crippen LogP contribution in [0.4, 0.5) is 0 Å². The average Bonchev–Trinajstić information content (AvgIpc) is 3.09. The van der Waals surface area contributed by atoms with Crippen LogP contribution in [0.2, 0.25) is 0 Å². The largest absolute Gasteiger partial charge is 0.393 e. The standard InChI is InChI=1S/C29H50O/c1-28-19-17-27-25(14-12-23-20-24(30)16-18-29(23,27)2)26(28)15-13-22(28)11-7-6-10-21-8-4-3-5-9-21/h21-27,30H,3-20H2,1-2H3. The molecule has 0 aromatic rings. The van der Waals surface area contributed by atoms with Crippen LogP contribution in [0.5, 0.6) is 0 Å². The molecule has 8 unspecified atom stereocenters. The molecule has 0 aliphatic heterocycles. The molecule has 1 heteroatoms. The summed E-state index contributed by atoms with van der Waals surface area (Å²) >= 11 is 0. The highest BCUT2D eigenvalue weighted by molar-refractivity contribution is 5.09. The fourth-order valence-electron chi connectivity index (χ4n) is 10.1. The van der Waals surface area contributed by atoms with E-state index in [-0.39, 0.29) is 6.10 Å². The fourth-order valence-corrected chi connectivity index (χ4v) is 10.1. The lowest BCUT2D eigenvalue weighted by Crippen LogP contribution is -2.53. The molecular formula is C29H50O. The predicted molar refractivity (Wildman–Crippen MR) is 126 cm³/mol. The van der Waals surface area contributed by atoms with Crippen molar-refractivity contribution in [3.05, 3.63) is 0 Å². The number of hydrogen-bond acceptors (Lipinski definition) is 1. The third-order valence-corrected chi connectivity index (χ3v) is 12.0. The molecule has 0 spiro atoms. The van der Waals surface area contributed by atoms with E-state index in [0.717, 1.165) is 48.3 Å². The molecule has 0 radical (unpaired) electrons. The molecule has 172 valence electrons. The van der Waals surface area contributed by atoms with Gasteiger partial charge in [-0.3, -0.25) is 0 Å². The van der Waals surface area contributed by atoms with Crippen molar-refractivity contribution in [1.29, 1.82) is 0 Å². The summed E-state index contributed by atoms with van der Waals surface area (Å²) in [5.74, 6) is 5.90. The van der Waals surface area contributed by atoms with Crippen LogP contribution in [0.25, 0.3) is 0 Å². The second kappa shape index (κ2) is 8.72. The average molecular weight is 415 g/mol. The van der Waals surface area contributed by atoms with Gasteiger partial charge in [-0.15, -0.1) is 0 Å². The maximum atomic E-state index is 10.3. The Hall–Kier alpha value is -0.0400. The van der Waals surface area contributed by atoms with Crippen molar-refractivity contribution >= 4 is 0 Å². The van der Waals surface area contributed by atoms with Crippen molar-refractivity contribution in [2.45, 2.75) is 136 Å². The second-order valence-electron chi connectivity index (χ2n) is 13.2. The van der Waals surface area contributed by atoms with Crippen molar-refractivity contribution in [3.8, 4) is 0 Å². The van der Waals surface area contributed by atoms with Crippen molar-refractivity contribution in [2.24, 2.45) is 46.3 Å². The number of unbranched alkanes of at least 4 members (excludes halogenated alkanes) is 1. The lowest BCUT2D eigenvalue weighted by Gasteiger charge is -2.61. The van der Waals surface area contributed by atoms with Gasteiger partial charge < -0.3 is 5.11 Å². The molecule has 5 aliphatic carbocycles. The van der Waals surface area contributed by atoms with Crippen LogP contribution in [0.3, 0.4) is 0 Å². The lowest BCUT2D eigenvalue weighted by atomic mass is 9.44. The van der Waals surface area contributed by atoms with Crippen molar-refractivity contribution in [1.82, 2.24) is 0 Å². The Balaban J connectivity index is 1.18. The SMILES string of the molecule is CC12CCC3C(CCC4CC(O)CCC43C)C1CCC2CCCCC1CCCCC1. The van der Waals surface area contributed by atoms with Gasteiger partial charge in [-0.2, -0.15) is 0 Å². The first-order valence-electron chi connectivity index (χ1n) is 14.2. The zero-order valence-corrected chi connectivity index (χ0v) is 20.2. The summed E-state index contributed by atoms with van der Waals surface area (Å²) in [6.45, 7) is 5.37. The van der Waals surface area contributed by atoms with Gasteiger partial charge in [0.25, 0.3) is 0 Å². The van der Waals surface area contributed by atoms with E-state index in [1.54, 1.807) is 0 Å². The molecule has 0 bridgehead atoms. The van der Waals surface area contributed by atoms with E-state index in [9.17, 15) is 5.11 Å². The summed E-state index contributed by atoms with van der Waals surface area (Å²) in [5.41, 5.74) is 1.20. The molecule has 0 aromatic heterocycles. The van der Waals surface area contributed by atoms with E-state index in [1.165, 1.54) is 103 Å². The fraction of sp³-hybridized carbons (Fsp3) is 1.00. The smallest absolute Gasteiger partial charge is 0.0543 e. The zero-order chi connectivity index (χ0) is 20.8. The maximum Gasteiger partial charge on any atom is 0.0543 e. The van der Waals surface area contributed by atoms with Crippen molar-refractivity contribution in [3.63, 3.8) is 0 Å². The number of fused-ring (bicyclic) bond motifs is 5. The van der Waals surface area contributed by atoms with Crippen LogP contribution in [-0.2, 0) is 0 Å². The number of hydrogen-bond donors (Lipinski definition) is 1. The lowest BCUT2D eigenvalue weighted by molar-refractivity contribution is -0.127. The normalized spacial score (nSPS) is 49.3. The zero-order valence-electron chi connectivity index (χ0n) is 20.2. The predicted octanol–water partition coefficient (Wildman–Crippen LogP) is 8.15. The molecule has 5 saturated carbocycles. The van der Waals surface area contributed by atoms with Crippen LogP contribution in [0.1, 0.15) is 129 Å². The first kappa shape index (κ1) is 21.8. The van der Waals surface area contributed by atoms with Gasteiger partial charge in [0.15, 0.2) is 0 Å². The Morgan fingerprint density at radius 2 is 1.43 bits per heavy atom. The van der Waals surface area contributed by atoms with Gasteiger partial charge in [0.05, 0.1) is 6.10 Å². The van der Waals surface area contributed by atoms with Crippen LogP contribution < -0.4 is 0 Å². The molecule has 5 fully saturated rings. The highest BCUT2D eigenvalue weighted by Crippen LogP contribution is 2.67. The third kappa shape index (κ3) is 3.82. The third-order valence-electron chi connectivity index (χ3n) is 12.0. The van der Waals surface area contributed by atoms with Crippen LogP contribution in [-0.4, -0.2) is 11.2 Å². The first-order chi connectivity index (χ1) is 14.5. The molecule has 0 aromatic carbocycles. The summed E-state index contributed by atoms with van der Waals surface area (Å²) in [6, 6.07) is 0. The van der Waals surface area contributed by atoms with Gasteiger partial charge in [0.2, 0.25) is 0 Å². The summed E-state index contributed by atoms with van der Waals surface area (Å²) < 4.78 is 0. The summed E-state index contributed by atoms with van der Waals surface area (Å²) in [6.07, 6.45) is 26.1. The molecule has 1 N–H and O–H groups in total. The van der Waals surface area contributed by atoms with E-state index >= 15 is 0 Å². The van der Waals surface area contributed by atoms with E-state index < -0.39 is 0 Å². The topological polar surface area (TPSA) is 20.2 Å². The molecular weight excluding hydrogens is 364 g/mol. The Kier molecular flexibility index (Phi) is 6.33. The van der Waals surface area contributed by atoms with Gasteiger partial charge in [-0.25, -0.2) is 0 Å². The monoisotopic (exact) mass is 414 g/mol. The summed E-state index contributed by atoms with van der Waals surface area (Å²) in [4.78, 5) is 0. The van der Waals surface area contributed by atoms with Gasteiger partial charge in [-0.1, -0.05) is 65.2 Å². The second-order valence-corrected chi connectivity index (χ2v) is 13.2. The number of aliphatic hydroxyl groups is 1. The molecule has 0 saturated heterocycles. The highest BCUT2D eigenvalue weighted by atomic mass is 16.3. The van der Waals surface area contributed by atoms with Gasteiger partial charge in [0, 0.05) is 0 Å². The number of rotatable bonds is 5. The van der Waals surface area contributed by atoms with Crippen molar-refractivity contribution in [2.75, 3.05) is 0 Å². The molecule has 1 nitrogen and oxygen atoms in total. The van der Waals surface area contributed by atoms with Crippen LogP contribution >= 0.6 is 0 Å². The minimum atomic E-state index is -0.00190.